The molecule has 0 spiro atoms. The van der Waals surface area contributed by atoms with E-state index in [1.165, 1.54) is 24.3 Å². The molecule has 0 atom stereocenters. The highest BCUT2D eigenvalue weighted by Crippen LogP contribution is 2.17. The normalized spacial score (nSPS) is 10.1. The number of aromatic carboxylic acids is 1. The maximum atomic E-state index is 12.1. The van der Waals surface area contributed by atoms with E-state index in [0.29, 0.717) is 17.9 Å². The molecule has 23 heavy (non-hydrogen) atoms. The first-order valence-corrected chi connectivity index (χ1v) is 7.38. The summed E-state index contributed by atoms with van der Waals surface area (Å²) in [6.07, 6.45) is 2.03. The number of benzene rings is 2. The van der Waals surface area contributed by atoms with E-state index in [9.17, 15) is 9.59 Å². The van der Waals surface area contributed by atoms with Crippen molar-refractivity contribution in [1.82, 2.24) is 0 Å². The zero-order valence-electron chi connectivity index (χ0n) is 12.8. The molecule has 5 nitrogen and oxygen atoms in total. The highest BCUT2D eigenvalue weighted by atomic mass is 16.5. The molecule has 0 radical (unpaired) electrons. The van der Waals surface area contributed by atoms with Gasteiger partial charge in [0.25, 0.3) is 0 Å². The second kappa shape index (κ2) is 7.98. The fourth-order valence-electron chi connectivity index (χ4n) is 1.88. The van der Waals surface area contributed by atoms with Crippen LogP contribution in [-0.2, 0) is 0 Å². The molecule has 5 heteroatoms. The summed E-state index contributed by atoms with van der Waals surface area (Å²) in [4.78, 5) is 23.0. The quantitative estimate of drug-likeness (QED) is 0.478. The molecule has 120 valence electrons. The summed E-state index contributed by atoms with van der Waals surface area (Å²) in [5.74, 6) is -0.731. The number of carboxylic acids is 1. The molecule has 2 rings (SSSR count). The highest BCUT2D eigenvalue weighted by Gasteiger charge is 2.10. The van der Waals surface area contributed by atoms with Crippen LogP contribution < -0.4 is 9.47 Å². The van der Waals surface area contributed by atoms with Crippen LogP contribution in [0.4, 0.5) is 0 Å². The molecule has 0 unspecified atom stereocenters. The van der Waals surface area contributed by atoms with Crippen molar-refractivity contribution in [3.05, 3.63) is 59.7 Å². The minimum Gasteiger partial charge on any atom is -0.494 e. The summed E-state index contributed by atoms with van der Waals surface area (Å²) in [5, 5.41) is 8.93. The third-order valence-corrected chi connectivity index (χ3v) is 3.15. The van der Waals surface area contributed by atoms with Gasteiger partial charge in [0, 0.05) is 0 Å². The van der Waals surface area contributed by atoms with Crippen molar-refractivity contribution in [3.8, 4) is 11.5 Å². The Labute approximate surface area is 134 Å². The lowest BCUT2D eigenvalue weighted by molar-refractivity contribution is 0.0687. The molecule has 0 fully saturated rings. The zero-order chi connectivity index (χ0) is 16.7. The minimum absolute atomic E-state index is 0.0648. The lowest BCUT2D eigenvalue weighted by Gasteiger charge is -2.07. The number of carbonyl (C=O) groups is 2. The smallest absolute Gasteiger partial charge is 0.343 e. The first-order chi connectivity index (χ1) is 11.1. The molecule has 0 aliphatic carbocycles. The minimum atomic E-state index is -1.07. The Morgan fingerprint density at radius 1 is 1.00 bits per heavy atom. The van der Waals surface area contributed by atoms with Crippen LogP contribution in [0, 0.1) is 0 Å². The van der Waals surface area contributed by atoms with E-state index in [4.69, 9.17) is 14.6 Å². The van der Waals surface area contributed by atoms with E-state index >= 15 is 0 Å². The number of carboxylic acid groups (broad SMARTS) is 1. The Hall–Kier alpha value is -2.82. The number of hydrogen-bond donors (Lipinski definition) is 1. The Morgan fingerprint density at radius 3 is 2.39 bits per heavy atom. The number of unbranched alkanes of at least 4 members (excludes halogenated alkanes) is 1. The molecule has 2 aromatic carbocycles. The van der Waals surface area contributed by atoms with E-state index in [0.717, 1.165) is 12.8 Å². The molecule has 0 saturated carbocycles. The fraction of sp³-hybridized carbons (Fsp3) is 0.222. The van der Waals surface area contributed by atoms with Gasteiger partial charge in [-0.05, 0) is 48.9 Å². The average Bonchev–Trinajstić information content (AvgIpc) is 2.56. The van der Waals surface area contributed by atoms with E-state index < -0.39 is 11.9 Å². The van der Waals surface area contributed by atoms with E-state index in [1.54, 1.807) is 24.3 Å². The fourth-order valence-corrected chi connectivity index (χ4v) is 1.88. The summed E-state index contributed by atoms with van der Waals surface area (Å²) >= 11 is 0. The van der Waals surface area contributed by atoms with Crippen molar-refractivity contribution < 1.29 is 24.2 Å². The standard InChI is InChI=1S/C18H18O5/c1-2-3-11-22-15-9-7-13(8-10-15)18(21)23-16-6-4-5-14(12-16)17(19)20/h4-10,12H,2-3,11H2,1H3,(H,19,20). The van der Waals surface area contributed by atoms with E-state index in [-0.39, 0.29) is 11.3 Å². The van der Waals surface area contributed by atoms with Crippen LogP contribution in [0.1, 0.15) is 40.5 Å². The molecular formula is C18H18O5. The average molecular weight is 314 g/mol. The van der Waals surface area contributed by atoms with Gasteiger partial charge in [0.2, 0.25) is 0 Å². The van der Waals surface area contributed by atoms with Crippen molar-refractivity contribution in [2.24, 2.45) is 0 Å². The van der Waals surface area contributed by atoms with Crippen LogP contribution in [0.15, 0.2) is 48.5 Å². The first-order valence-electron chi connectivity index (χ1n) is 7.38. The van der Waals surface area contributed by atoms with Crippen LogP contribution in [0.3, 0.4) is 0 Å². The topological polar surface area (TPSA) is 72.8 Å². The van der Waals surface area contributed by atoms with Crippen LogP contribution in [0.5, 0.6) is 11.5 Å². The summed E-state index contributed by atoms with van der Waals surface area (Å²) in [6, 6.07) is 12.4. The summed E-state index contributed by atoms with van der Waals surface area (Å²) in [6.45, 7) is 2.73. The molecule has 0 amide bonds. The zero-order valence-corrected chi connectivity index (χ0v) is 12.8. The number of esters is 1. The molecule has 0 aliphatic rings. The predicted molar refractivity (Wildman–Crippen MR) is 85.2 cm³/mol. The number of hydrogen-bond acceptors (Lipinski definition) is 4. The second-order valence-electron chi connectivity index (χ2n) is 4.95. The van der Waals surface area contributed by atoms with Crippen molar-refractivity contribution in [2.45, 2.75) is 19.8 Å². The van der Waals surface area contributed by atoms with Crippen LogP contribution in [0.25, 0.3) is 0 Å². The molecule has 0 saturated heterocycles. The summed E-state index contributed by atoms with van der Waals surface area (Å²) in [7, 11) is 0. The van der Waals surface area contributed by atoms with Crippen LogP contribution >= 0.6 is 0 Å². The van der Waals surface area contributed by atoms with Gasteiger partial charge in [0.05, 0.1) is 17.7 Å². The maximum Gasteiger partial charge on any atom is 0.343 e. The van der Waals surface area contributed by atoms with Crippen molar-refractivity contribution in [2.75, 3.05) is 6.61 Å². The third-order valence-electron chi connectivity index (χ3n) is 3.15. The van der Waals surface area contributed by atoms with E-state index in [2.05, 4.69) is 6.92 Å². The maximum absolute atomic E-state index is 12.1. The summed E-state index contributed by atoms with van der Waals surface area (Å²) in [5.41, 5.74) is 0.434. The molecule has 2 aromatic rings. The molecule has 0 aromatic heterocycles. The van der Waals surface area contributed by atoms with Crippen molar-refractivity contribution in [1.29, 1.82) is 0 Å². The Morgan fingerprint density at radius 2 is 1.74 bits per heavy atom. The van der Waals surface area contributed by atoms with Gasteiger partial charge in [0.15, 0.2) is 0 Å². The third kappa shape index (κ3) is 4.85. The molecular weight excluding hydrogens is 296 g/mol. The van der Waals surface area contributed by atoms with Gasteiger partial charge in [-0.1, -0.05) is 19.4 Å². The summed E-state index contributed by atoms with van der Waals surface area (Å²) < 4.78 is 10.7. The number of carbonyl (C=O) groups excluding carboxylic acids is 1. The SMILES string of the molecule is CCCCOc1ccc(C(=O)Oc2cccc(C(=O)O)c2)cc1. The van der Waals surface area contributed by atoms with Gasteiger partial charge in [-0.25, -0.2) is 9.59 Å². The Balaban J connectivity index is 2.00. The van der Waals surface area contributed by atoms with Gasteiger partial charge in [-0.2, -0.15) is 0 Å². The predicted octanol–water partition coefficient (Wildman–Crippen LogP) is 3.78. The lowest BCUT2D eigenvalue weighted by atomic mass is 10.2. The van der Waals surface area contributed by atoms with Crippen LogP contribution in [-0.4, -0.2) is 23.7 Å². The van der Waals surface area contributed by atoms with Gasteiger partial charge in [-0.15, -0.1) is 0 Å². The van der Waals surface area contributed by atoms with Gasteiger partial charge in [0.1, 0.15) is 11.5 Å². The number of rotatable bonds is 7. The molecule has 1 N–H and O–H groups in total. The van der Waals surface area contributed by atoms with E-state index in [1.807, 2.05) is 0 Å². The van der Waals surface area contributed by atoms with Gasteiger partial charge < -0.3 is 14.6 Å². The molecule has 0 bridgehead atoms. The number of ether oxygens (including phenoxy) is 2. The molecule has 0 heterocycles. The van der Waals surface area contributed by atoms with Crippen molar-refractivity contribution in [3.63, 3.8) is 0 Å². The Kier molecular flexibility index (Phi) is 5.74. The van der Waals surface area contributed by atoms with Gasteiger partial charge in [-0.3, -0.25) is 0 Å². The second-order valence-corrected chi connectivity index (χ2v) is 4.95. The largest absolute Gasteiger partial charge is 0.494 e. The Bertz CT molecular complexity index is 676. The molecule has 0 aliphatic heterocycles. The van der Waals surface area contributed by atoms with Gasteiger partial charge >= 0.3 is 11.9 Å². The monoisotopic (exact) mass is 314 g/mol. The van der Waals surface area contributed by atoms with Crippen molar-refractivity contribution >= 4 is 11.9 Å². The van der Waals surface area contributed by atoms with Crippen LogP contribution in [0.2, 0.25) is 0 Å². The highest BCUT2D eigenvalue weighted by molar-refractivity contribution is 5.92. The first kappa shape index (κ1) is 16.5. The lowest BCUT2D eigenvalue weighted by Crippen LogP contribution is -2.09.